The Labute approximate surface area is 316 Å². The molecule has 2 nitrogen and oxygen atoms in total. The molecule has 0 aliphatic carbocycles. The molecule has 0 unspecified atom stereocenters. The van der Waals surface area contributed by atoms with Crippen LogP contribution < -0.4 is 4.90 Å². The van der Waals surface area contributed by atoms with Crippen molar-refractivity contribution in [3.05, 3.63) is 192 Å². The van der Waals surface area contributed by atoms with Crippen molar-refractivity contribution in [1.82, 2.24) is 0 Å². The van der Waals surface area contributed by atoms with Crippen LogP contribution >= 0.6 is 0 Å². The van der Waals surface area contributed by atoms with E-state index in [0.717, 1.165) is 38.8 Å². The first-order valence-corrected chi connectivity index (χ1v) is 19.4. The van der Waals surface area contributed by atoms with E-state index in [1.807, 2.05) is 0 Å². The lowest BCUT2D eigenvalue weighted by Crippen LogP contribution is -2.28. The van der Waals surface area contributed by atoms with Gasteiger partial charge < -0.3 is 4.90 Å². The molecule has 0 spiro atoms. The fourth-order valence-corrected chi connectivity index (χ4v) is 9.08. The molecule has 0 amide bonds. The fourth-order valence-electron chi connectivity index (χ4n) is 9.08. The summed E-state index contributed by atoms with van der Waals surface area (Å²) in [6.07, 6.45) is 15.8. The predicted molar refractivity (Wildman–Crippen MR) is 227 cm³/mol. The predicted octanol–water partition coefficient (Wildman–Crippen LogP) is 12.4. The molecular formula is C51H51N2+. The minimum Gasteiger partial charge on any atom is -0.344 e. The molecule has 0 saturated heterocycles. The number of hydrogen-bond acceptors (Lipinski definition) is 1. The zero-order chi connectivity index (χ0) is 36.4. The zero-order valence-electron chi connectivity index (χ0n) is 31.7. The standard InChI is InChI=1S/C51H51N2/c1-50(2)46(52(36-18-24-38-20-8-5-9-21-38)44-34-32-40-26-14-16-28-42(40)48(44)50)30-12-7-13-31-47-51(3,4)49-43-29-17-15-27-41(43)33-35-45(49)53(47)37-19-25-39-22-10-6-11-23-39/h5-17,20-23,26-35H,18-19,24-25,36-37H2,1-4H3/q+1. The molecular weight excluding hydrogens is 641 g/mol. The van der Waals surface area contributed by atoms with E-state index in [1.54, 1.807) is 0 Å². The number of nitrogens with zero attached hydrogens (tertiary/aromatic N) is 2. The molecule has 2 heterocycles. The van der Waals surface area contributed by atoms with Crippen LogP contribution in [-0.2, 0) is 23.7 Å². The van der Waals surface area contributed by atoms with Gasteiger partial charge in [0.2, 0.25) is 5.69 Å². The highest BCUT2D eigenvalue weighted by Gasteiger charge is 2.45. The normalized spacial score (nSPS) is 16.8. The number of aryl methyl sites for hydroxylation is 2. The molecule has 8 rings (SSSR count). The van der Waals surface area contributed by atoms with Crippen LogP contribution in [0.3, 0.4) is 0 Å². The van der Waals surface area contributed by atoms with E-state index >= 15 is 0 Å². The Morgan fingerprint density at radius 2 is 1.13 bits per heavy atom. The largest absolute Gasteiger partial charge is 0.344 e. The van der Waals surface area contributed by atoms with Gasteiger partial charge in [0.05, 0.1) is 5.41 Å². The van der Waals surface area contributed by atoms with Gasteiger partial charge >= 0.3 is 0 Å². The summed E-state index contributed by atoms with van der Waals surface area (Å²) in [4.78, 5) is 2.59. The minimum atomic E-state index is -0.128. The van der Waals surface area contributed by atoms with Gasteiger partial charge in [0.25, 0.3) is 0 Å². The average Bonchev–Trinajstić information content (AvgIpc) is 3.54. The van der Waals surface area contributed by atoms with Crippen molar-refractivity contribution in [3.8, 4) is 0 Å². The van der Waals surface area contributed by atoms with Crippen molar-refractivity contribution >= 4 is 38.6 Å². The summed E-state index contributed by atoms with van der Waals surface area (Å²) in [6.45, 7) is 11.6. The molecule has 0 bridgehead atoms. The number of anilines is 1. The van der Waals surface area contributed by atoms with Crippen molar-refractivity contribution in [1.29, 1.82) is 0 Å². The van der Waals surface area contributed by atoms with Gasteiger partial charge in [0.15, 0.2) is 5.71 Å². The SMILES string of the molecule is CC1(C)C(/C=C/C=C/C=C2\N(CCCc3ccccc3)c3ccc4ccccc4c3C2(C)C)=[N+](CCCc2ccccc2)c2ccc3ccccc3c21. The van der Waals surface area contributed by atoms with Crippen molar-refractivity contribution in [3.63, 3.8) is 0 Å². The number of benzene rings is 6. The van der Waals surface area contributed by atoms with E-state index in [0.29, 0.717) is 0 Å². The van der Waals surface area contributed by atoms with Gasteiger partial charge in [-0.25, -0.2) is 0 Å². The van der Waals surface area contributed by atoms with Gasteiger partial charge in [-0.15, -0.1) is 0 Å². The summed E-state index contributed by atoms with van der Waals surface area (Å²) in [5.74, 6) is 0. The molecule has 53 heavy (non-hydrogen) atoms. The zero-order valence-corrected chi connectivity index (χ0v) is 31.7. The topological polar surface area (TPSA) is 6.25 Å². The molecule has 0 N–H and O–H groups in total. The third-order valence-corrected chi connectivity index (χ3v) is 11.6. The van der Waals surface area contributed by atoms with Crippen LogP contribution in [0.2, 0.25) is 0 Å². The maximum absolute atomic E-state index is 2.59. The lowest BCUT2D eigenvalue weighted by molar-refractivity contribution is -0.438. The average molecular weight is 692 g/mol. The number of rotatable bonds is 11. The van der Waals surface area contributed by atoms with E-state index in [2.05, 4.69) is 201 Å². The van der Waals surface area contributed by atoms with Gasteiger partial charge in [-0.1, -0.05) is 147 Å². The first-order valence-electron chi connectivity index (χ1n) is 19.4. The summed E-state index contributed by atoms with van der Waals surface area (Å²) in [7, 11) is 0. The summed E-state index contributed by atoms with van der Waals surface area (Å²) in [5, 5.41) is 5.33. The molecule has 0 radical (unpaired) electrons. The fraction of sp³-hybridized carbons (Fsp3) is 0.235. The van der Waals surface area contributed by atoms with Crippen LogP contribution in [0.25, 0.3) is 21.5 Å². The Kier molecular flexibility index (Phi) is 9.48. The summed E-state index contributed by atoms with van der Waals surface area (Å²) < 4.78 is 2.59. The van der Waals surface area contributed by atoms with Crippen molar-refractivity contribution in [2.24, 2.45) is 0 Å². The van der Waals surface area contributed by atoms with E-state index in [-0.39, 0.29) is 10.8 Å². The second kappa shape index (κ2) is 14.5. The second-order valence-electron chi connectivity index (χ2n) is 15.8. The molecule has 2 aliphatic heterocycles. The maximum Gasteiger partial charge on any atom is 0.210 e. The lowest BCUT2D eigenvalue weighted by Gasteiger charge is -2.27. The van der Waals surface area contributed by atoms with Crippen LogP contribution in [0.4, 0.5) is 11.4 Å². The van der Waals surface area contributed by atoms with Crippen LogP contribution in [0, 0.1) is 0 Å². The quantitative estimate of drug-likeness (QED) is 0.0968. The summed E-state index contributed by atoms with van der Waals surface area (Å²) in [6, 6.07) is 48.8. The molecule has 6 aromatic carbocycles. The van der Waals surface area contributed by atoms with E-state index < -0.39 is 0 Å². The lowest BCUT2D eigenvalue weighted by atomic mass is 9.79. The van der Waals surface area contributed by atoms with Crippen molar-refractivity contribution in [2.45, 2.75) is 64.2 Å². The van der Waals surface area contributed by atoms with Gasteiger partial charge in [-0.05, 0) is 89.6 Å². The molecule has 2 aliphatic rings. The van der Waals surface area contributed by atoms with Crippen LogP contribution in [0.1, 0.15) is 62.8 Å². The van der Waals surface area contributed by atoms with Crippen LogP contribution in [-0.4, -0.2) is 23.4 Å². The molecule has 0 saturated carbocycles. The van der Waals surface area contributed by atoms with Gasteiger partial charge in [-0.2, -0.15) is 4.58 Å². The molecule has 0 atom stereocenters. The first-order chi connectivity index (χ1) is 25.8. The number of allylic oxidation sites excluding steroid dienone is 6. The van der Waals surface area contributed by atoms with E-state index in [9.17, 15) is 0 Å². The Bertz CT molecular complexity index is 2390. The summed E-state index contributed by atoms with van der Waals surface area (Å²) in [5.41, 5.74) is 10.8. The van der Waals surface area contributed by atoms with Gasteiger partial charge in [0, 0.05) is 47.5 Å². The van der Waals surface area contributed by atoms with Gasteiger partial charge in [0.1, 0.15) is 6.54 Å². The Hall–Kier alpha value is -5.47. The third-order valence-electron chi connectivity index (χ3n) is 11.6. The second-order valence-corrected chi connectivity index (χ2v) is 15.8. The minimum absolute atomic E-state index is 0.128. The van der Waals surface area contributed by atoms with Crippen LogP contribution in [0.5, 0.6) is 0 Å². The Morgan fingerprint density at radius 1 is 0.547 bits per heavy atom. The van der Waals surface area contributed by atoms with Crippen molar-refractivity contribution in [2.75, 3.05) is 18.0 Å². The molecule has 0 fully saturated rings. The van der Waals surface area contributed by atoms with E-state index in [1.165, 1.54) is 66.6 Å². The maximum atomic E-state index is 2.59. The molecule has 6 aromatic rings. The smallest absolute Gasteiger partial charge is 0.210 e. The Balaban J connectivity index is 1.11. The molecule has 2 heteroatoms. The van der Waals surface area contributed by atoms with Crippen LogP contribution in [0.15, 0.2) is 170 Å². The van der Waals surface area contributed by atoms with Gasteiger partial charge in [-0.3, -0.25) is 0 Å². The first kappa shape index (κ1) is 34.6. The highest BCUT2D eigenvalue weighted by Crippen LogP contribution is 2.51. The molecule has 264 valence electrons. The Morgan fingerprint density at radius 3 is 1.81 bits per heavy atom. The molecule has 0 aromatic heterocycles. The third kappa shape index (κ3) is 6.57. The van der Waals surface area contributed by atoms with Crippen molar-refractivity contribution < 1.29 is 4.58 Å². The summed E-state index contributed by atoms with van der Waals surface area (Å²) >= 11 is 0. The highest BCUT2D eigenvalue weighted by molar-refractivity contribution is 6.07. The number of fused-ring (bicyclic) bond motifs is 6. The van der Waals surface area contributed by atoms with E-state index in [4.69, 9.17) is 0 Å². The highest BCUT2D eigenvalue weighted by atomic mass is 15.2. The number of hydrogen-bond donors (Lipinski definition) is 0. The monoisotopic (exact) mass is 691 g/mol.